The van der Waals surface area contributed by atoms with E-state index in [2.05, 4.69) is 27.9 Å². The molecule has 0 spiro atoms. The summed E-state index contributed by atoms with van der Waals surface area (Å²) in [5.41, 5.74) is 0.607. The summed E-state index contributed by atoms with van der Waals surface area (Å²) in [4.78, 5) is 24.5. The fourth-order valence-electron chi connectivity index (χ4n) is 3.12. The van der Waals surface area contributed by atoms with Gasteiger partial charge in [0.1, 0.15) is 0 Å². The molecule has 0 aromatic heterocycles. The van der Waals surface area contributed by atoms with Gasteiger partial charge in [-0.15, -0.1) is 11.8 Å². The lowest BCUT2D eigenvalue weighted by molar-refractivity contribution is -0.142. The first-order valence-corrected chi connectivity index (χ1v) is 10.7. The van der Waals surface area contributed by atoms with E-state index in [1.807, 2.05) is 6.07 Å². The van der Waals surface area contributed by atoms with Crippen molar-refractivity contribution in [2.75, 3.05) is 5.32 Å². The van der Waals surface area contributed by atoms with Gasteiger partial charge >= 0.3 is 5.97 Å². The molecule has 0 bridgehead atoms. The SMILES string of the molecule is O=C(Nc1ccc(F)c(F)c1)c1ccc(I)c(SC2CCC(C(=O)O)CC2)c1. The lowest BCUT2D eigenvalue weighted by Crippen LogP contribution is -2.22. The predicted octanol–water partition coefficient (Wildman–Crippen LogP) is 5.56. The van der Waals surface area contributed by atoms with Crippen LogP contribution in [0.5, 0.6) is 0 Å². The minimum Gasteiger partial charge on any atom is -0.481 e. The molecule has 0 aliphatic heterocycles. The monoisotopic (exact) mass is 517 g/mol. The van der Waals surface area contributed by atoms with Crippen LogP contribution in [0, 0.1) is 21.1 Å². The number of nitrogens with one attached hydrogen (secondary N) is 1. The number of amides is 1. The van der Waals surface area contributed by atoms with Gasteiger partial charge in [-0.2, -0.15) is 0 Å². The Balaban J connectivity index is 1.68. The minimum absolute atomic E-state index is 0.184. The maximum absolute atomic E-state index is 13.3. The van der Waals surface area contributed by atoms with Crippen LogP contribution in [0.3, 0.4) is 0 Å². The van der Waals surface area contributed by atoms with Crippen LogP contribution in [-0.2, 0) is 4.79 Å². The highest BCUT2D eigenvalue weighted by atomic mass is 127. The third kappa shape index (κ3) is 5.22. The van der Waals surface area contributed by atoms with Gasteiger partial charge in [0.05, 0.1) is 5.92 Å². The van der Waals surface area contributed by atoms with Crippen LogP contribution >= 0.6 is 34.4 Å². The van der Waals surface area contributed by atoms with Crippen molar-refractivity contribution >= 4 is 51.9 Å². The molecule has 28 heavy (non-hydrogen) atoms. The van der Waals surface area contributed by atoms with E-state index in [0.29, 0.717) is 23.7 Å². The lowest BCUT2D eigenvalue weighted by Gasteiger charge is -2.26. The van der Waals surface area contributed by atoms with E-state index < -0.39 is 23.5 Å². The zero-order valence-corrected chi connectivity index (χ0v) is 17.7. The molecule has 1 fully saturated rings. The fraction of sp³-hybridized carbons (Fsp3) is 0.300. The molecular weight excluding hydrogens is 499 g/mol. The summed E-state index contributed by atoms with van der Waals surface area (Å²) in [6.45, 7) is 0. The fourth-order valence-corrected chi connectivity index (χ4v) is 5.08. The third-order valence-electron chi connectivity index (χ3n) is 4.69. The number of aliphatic carboxylic acids is 1. The van der Waals surface area contributed by atoms with Crippen molar-refractivity contribution in [2.24, 2.45) is 5.92 Å². The number of carbonyl (C=O) groups excluding carboxylic acids is 1. The Morgan fingerprint density at radius 1 is 1.04 bits per heavy atom. The van der Waals surface area contributed by atoms with Gasteiger partial charge in [0, 0.05) is 31.0 Å². The van der Waals surface area contributed by atoms with Crippen molar-refractivity contribution in [2.45, 2.75) is 35.8 Å². The van der Waals surface area contributed by atoms with Gasteiger partial charge in [-0.3, -0.25) is 9.59 Å². The Morgan fingerprint density at radius 3 is 2.39 bits per heavy atom. The van der Waals surface area contributed by atoms with E-state index in [9.17, 15) is 18.4 Å². The quantitative estimate of drug-likeness (QED) is 0.510. The van der Waals surface area contributed by atoms with Gasteiger partial charge in [-0.25, -0.2) is 8.78 Å². The molecule has 4 nitrogen and oxygen atoms in total. The standard InChI is InChI=1S/C20H18F2INO3S/c21-15-7-4-13(10-16(15)22)24-19(25)12-3-8-17(23)18(9-12)28-14-5-1-11(2-6-14)20(26)27/h3-4,7-11,14H,1-2,5-6H2,(H,24,25)(H,26,27). The van der Waals surface area contributed by atoms with Crippen molar-refractivity contribution in [3.8, 4) is 0 Å². The van der Waals surface area contributed by atoms with Gasteiger partial charge in [0.25, 0.3) is 5.91 Å². The first-order chi connectivity index (χ1) is 13.3. The number of carbonyl (C=O) groups is 2. The molecule has 2 N–H and O–H groups in total. The number of rotatable bonds is 5. The van der Waals surface area contributed by atoms with E-state index in [4.69, 9.17) is 5.11 Å². The normalized spacial score (nSPS) is 19.2. The van der Waals surface area contributed by atoms with Crippen molar-refractivity contribution in [1.29, 1.82) is 0 Å². The summed E-state index contributed by atoms with van der Waals surface area (Å²) in [7, 11) is 0. The highest BCUT2D eigenvalue weighted by Crippen LogP contribution is 2.38. The summed E-state index contributed by atoms with van der Waals surface area (Å²) in [6.07, 6.45) is 2.98. The zero-order valence-electron chi connectivity index (χ0n) is 14.8. The van der Waals surface area contributed by atoms with Gasteiger partial charge in [-0.05, 0) is 78.6 Å². The van der Waals surface area contributed by atoms with Gasteiger partial charge in [0.2, 0.25) is 0 Å². The summed E-state index contributed by atoms with van der Waals surface area (Å²) < 4.78 is 27.4. The van der Waals surface area contributed by atoms with Crippen molar-refractivity contribution in [3.05, 3.63) is 57.2 Å². The van der Waals surface area contributed by atoms with Crippen LogP contribution in [-0.4, -0.2) is 22.2 Å². The molecule has 8 heteroatoms. The molecule has 148 valence electrons. The molecule has 0 heterocycles. The second-order valence-electron chi connectivity index (χ2n) is 6.66. The summed E-state index contributed by atoms with van der Waals surface area (Å²) in [6, 6.07) is 8.52. The zero-order chi connectivity index (χ0) is 20.3. The average molecular weight is 517 g/mol. The van der Waals surface area contributed by atoms with Crippen molar-refractivity contribution < 1.29 is 23.5 Å². The molecule has 2 aromatic carbocycles. The molecular formula is C20H18F2INO3S. The van der Waals surface area contributed by atoms with Gasteiger partial charge in [-0.1, -0.05) is 0 Å². The molecule has 0 saturated heterocycles. The third-order valence-corrected chi connectivity index (χ3v) is 7.39. The highest BCUT2D eigenvalue weighted by Gasteiger charge is 2.27. The molecule has 1 amide bonds. The van der Waals surface area contributed by atoms with Crippen LogP contribution in [0.15, 0.2) is 41.3 Å². The second kappa shape index (κ2) is 9.21. The second-order valence-corrected chi connectivity index (χ2v) is 9.16. The first kappa shape index (κ1) is 21.0. The van der Waals surface area contributed by atoms with Crippen LogP contribution in [0.4, 0.5) is 14.5 Å². The predicted molar refractivity (Wildman–Crippen MR) is 113 cm³/mol. The Morgan fingerprint density at radius 2 is 1.75 bits per heavy atom. The number of halogens is 3. The Labute approximate surface area is 179 Å². The van der Waals surface area contributed by atoms with E-state index in [1.165, 1.54) is 6.07 Å². The van der Waals surface area contributed by atoms with E-state index in [-0.39, 0.29) is 11.6 Å². The molecule has 1 aliphatic rings. The molecule has 0 radical (unpaired) electrons. The largest absolute Gasteiger partial charge is 0.481 e. The lowest BCUT2D eigenvalue weighted by atomic mass is 9.89. The topological polar surface area (TPSA) is 66.4 Å². The van der Waals surface area contributed by atoms with Gasteiger partial charge < -0.3 is 10.4 Å². The van der Waals surface area contributed by atoms with E-state index in [1.54, 1.807) is 23.9 Å². The Bertz CT molecular complexity index is 901. The number of carboxylic acids is 1. The maximum Gasteiger partial charge on any atom is 0.306 e. The van der Waals surface area contributed by atoms with Crippen LogP contribution < -0.4 is 5.32 Å². The first-order valence-electron chi connectivity index (χ1n) is 8.79. The van der Waals surface area contributed by atoms with E-state index in [0.717, 1.165) is 33.4 Å². The smallest absolute Gasteiger partial charge is 0.306 e. The van der Waals surface area contributed by atoms with Crippen LogP contribution in [0.25, 0.3) is 0 Å². The summed E-state index contributed by atoms with van der Waals surface area (Å²) in [5.74, 6) is -3.38. The highest BCUT2D eigenvalue weighted by molar-refractivity contribution is 14.1. The van der Waals surface area contributed by atoms with Crippen molar-refractivity contribution in [1.82, 2.24) is 0 Å². The minimum atomic E-state index is -1.02. The Hall–Kier alpha value is -1.68. The molecule has 3 rings (SSSR count). The molecule has 0 atom stereocenters. The maximum atomic E-state index is 13.3. The van der Waals surface area contributed by atoms with Crippen molar-refractivity contribution in [3.63, 3.8) is 0 Å². The van der Waals surface area contributed by atoms with E-state index >= 15 is 0 Å². The average Bonchev–Trinajstić information content (AvgIpc) is 2.67. The molecule has 2 aromatic rings. The number of carboxylic acid groups (broad SMARTS) is 1. The summed E-state index contributed by atoms with van der Waals surface area (Å²) in [5, 5.41) is 12.0. The molecule has 1 aliphatic carbocycles. The number of benzene rings is 2. The number of anilines is 1. The van der Waals surface area contributed by atoms with Crippen LogP contribution in [0.2, 0.25) is 0 Å². The molecule has 1 saturated carbocycles. The molecule has 0 unspecified atom stereocenters. The summed E-state index contributed by atoms with van der Waals surface area (Å²) >= 11 is 3.86. The number of thioether (sulfide) groups is 1. The number of hydrogen-bond acceptors (Lipinski definition) is 3. The van der Waals surface area contributed by atoms with Crippen LogP contribution in [0.1, 0.15) is 36.0 Å². The van der Waals surface area contributed by atoms with Gasteiger partial charge in [0.15, 0.2) is 11.6 Å². The Kier molecular flexibility index (Phi) is 6.92. The number of hydrogen-bond donors (Lipinski definition) is 2.